The van der Waals surface area contributed by atoms with E-state index in [1.165, 1.54) is 10.8 Å². The Morgan fingerprint density at radius 3 is 2.82 bits per heavy atom. The number of hydrogen-bond acceptors (Lipinski definition) is 2. The van der Waals surface area contributed by atoms with Crippen molar-refractivity contribution in [3.05, 3.63) is 42.2 Å². The molecule has 0 saturated heterocycles. The number of aryl methyl sites for hydroxylation is 1. The summed E-state index contributed by atoms with van der Waals surface area (Å²) in [6.45, 7) is 4.52. The Labute approximate surface area is 101 Å². The third-order valence-electron chi connectivity index (χ3n) is 2.82. The minimum absolute atomic E-state index is 0.198. The molecule has 0 radical (unpaired) electrons. The van der Waals surface area contributed by atoms with Crippen LogP contribution in [0.4, 0.5) is 0 Å². The van der Waals surface area contributed by atoms with E-state index in [2.05, 4.69) is 12.1 Å². The molecule has 1 aromatic heterocycles. The maximum Gasteiger partial charge on any atom is 0.372 e. The first-order valence-electron chi connectivity index (χ1n) is 5.75. The molecule has 0 amide bonds. The molecule has 2 aromatic rings. The Morgan fingerprint density at radius 2 is 2.06 bits per heavy atom. The van der Waals surface area contributed by atoms with E-state index in [4.69, 9.17) is 4.74 Å². The third kappa shape index (κ3) is 2.44. The minimum atomic E-state index is -0.198. The molecule has 0 spiro atoms. The Balaban J connectivity index is 2.36. The number of carbonyl (C=O) groups excluding carboxylic acids is 1. The van der Waals surface area contributed by atoms with Crippen molar-refractivity contribution < 1.29 is 14.1 Å². The molecule has 88 valence electrons. The third-order valence-corrected chi connectivity index (χ3v) is 2.82. The second-order valence-corrected chi connectivity index (χ2v) is 3.92. The predicted molar refractivity (Wildman–Crippen MR) is 65.5 cm³/mol. The van der Waals surface area contributed by atoms with Crippen molar-refractivity contribution in [2.24, 2.45) is 0 Å². The van der Waals surface area contributed by atoms with Crippen molar-refractivity contribution in [2.75, 3.05) is 6.61 Å². The first-order chi connectivity index (χ1) is 8.22. The predicted octanol–water partition coefficient (Wildman–Crippen LogP) is 2.00. The summed E-state index contributed by atoms with van der Waals surface area (Å²) in [4.78, 5) is 11.5. The van der Waals surface area contributed by atoms with Crippen molar-refractivity contribution in [1.82, 2.24) is 0 Å². The first kappa shape index (κ1) is 11.6. The van der Waals surface area contributed by atoms with Crippen LogP contribution in [0.15, 0.2) is 36.5 Å². The Kier molecular flexibility index (Phi) is 3.38. The van der Waals surface area contributed by atoms with Gasteiger partial charge in [0.25, 0.3) is 0 Å². The standard InChI is InChI=1S/C14H16NO2/c1-3-17-14(16)10-15-9-8-12-6-4-5-7-13(12)11(15)2/h4-9H,3,10H2,1-2H3/q+1. The molecule has 0 atom stereocenters. The summed E-state index contributed by atoms with van der Waals surface area (Å²) in [6.07, 6.45) is 1.93. The molecule has 0 unspecified atom stereocenters. The van der Waals surface area contributed by atoms with Crippen molar-refractivity contribution in [3.8, 4) is 0 Å². The smallest absolute Gasteiger partial charge is 0.372 e. The number of benzene rings is 1. The molecule has 2 rings (SSSR count). The highest BCUT2D eigenvalue weighted by Gasteiger charge is 2.15. The monoisotopic (exact) mass is 230 g/mol. The van der Waals surface area contributed by atoms with Gasteiger partial charge in [-0.2, -0.15) is 4.57 Å². The summed E-state index contributed by atoms with van der Waals surface area (Å²) in [5.41, 5.74) is 1.08. The van der Waals surface area contributed by atoms with Gasteiger partial charge in [-0.25, -0.2) is 4.79 Å². The van der Waals surface area contributed by atoms with Gasteiger partial charge in [0, 0.05) is 18.4 Å². The molecule has 0 N–H and O–H groups in total. The van der Waals surface area contributed by atoms with Crippen LogP contribution in [0.25, 0.3) is 10.8 Å². The molecule has 0 bridgehead atoms. The first-order valence-corrected chi connectivity index (χ1v) is 5.75. The van der Waals surface area contributed by atoms with Crippen LogP contribution in [0.2, 0.25) is 0 Å². The van der Waals surface area contributed by atoms with E-state index in [1.54, 1.807) is 0 Å². The fraction of sp³-hybridized carbons (Fsp3) is 0.286. The lowest BCUT2D eigenvalue weighted by molar-refractivity contribution is -0.690. The van der Waals surface area contributed by atoms with E-state index in [-0.39, 0.29) is 12.5 Å². The zero-order valence-corrected chi connectivity index (χ0v) is 10.1. The highest BCUT2D eigenvalue weighted by Crippen LogP contribution is 2.14. The number of hydrogen-bond donors (Lipinski definition) is 0. The van der Waals surface area contributed by atoms with Crippen molar-refractivity contribution >= 4 is 16.7 Å². The average Bonchev–Trinajstić information content (AvgIpc) is 2.33. The summed E-state index contributed by atoms with van der Waals surface area (Å²) in [5, 5.41) is 2.35. The number of ether oxygens (including phenoxy) is 1. The number of pyridine rings is 1. The van der Waals surface area contributed by atoms with E-state index in [0.717, 1.165) is 5.69 Å². The zero-order valence-electron chi connectivity index (χ0n) is 10.1. The summed E-state index contributed by atoms with van der Waals surface area (Å²) in [5.74, 6) is -0.198. The molecule has 0 saturated carbocycles. The molecule has 1 heterocycles. The second kappa shape index (κ2) is 4.95. The Morgan fingerprint density at radius 1 is 1.29 bits per heavy atom. The minimum Gasteiger partial charge on any atom is -0.461 e. The van der Waals surface area contributed by atoms with Crippen LogP contribution in [-0.2, 0) is 16.1 Å². The number of esters is 1. The highest BCUT2D eigenvalue weighted by molar-refractivity contribution is 5.83. The van der Waals surface area contributed by atoms with Crippen molar-refractivity contribution in [3.63, 3.8) is 0 Å². The van der Waals surface area contributed by atoms with Crippen molar-refractivity contribution in [2.45, 2.75) is 20.4 Å². The van der Waals surface area contributed by atoms with Crippen LogP contribution in [-0.4, -0.2) is 12.6 Å². The molecule has 17 heavy (non-hydrogen) atoms. The lowest BCUT2D eigenvalue weighted by atomic mass is 10.1. The quantitative estimate of drug-likeness (QED) is 0.596. The molecular weight excluding hydrogens is 214 g/mol. The van der Waals surface area contributed by atoms with Crippen LogP contribution in [0.1, 0.15) is 12.6 Å². The summed E-state index contributed by atoms with van der Waals surface area (Å²) in [7, 11) is 0. The van der Waals surface area contributed by atoms with Crippen LogP contribution in [0.3, 0.4) is 0 Å². The molecular formula is C14H16NO2+. The van der Waals surface area contributed by atoms with Gasteiger partial charge in [0.15, 0.2) is 11.9 Å². The van der Waals surface area contributed by atoms with E-state index < -0.39 is 0 Å². The maximum atomic E-state index is 11.5. The lowest BCUT2D eigenvalue weighted by Crippen LogP contribution is -2.41. The van der Waals surface area contributed by atoms with Crippen LogP contribution < -0.4 is 4.57 Å². The number of carbonyl (C=O) groups is 1. The van der Waals surface area contributed by atoms with Gasteiger partial charge < -0.3 is 4.74 Å². The van der Waals surface area contributed by atoms with Crippen LogP contribution >= 0.6 is 0 Å². The van der Waals surface area contributed by atoms with Gasteiger partial charge in [-0.15, -0.1) is 0 Å². The molecule has 3 nitrogen and oxygen atoms in total. The van der Waals surface area contributed by atoms with E-state index >= 15 is 0 Å². The van der Waals surface area contributed by atoms with Gasteiger partial charge >= 0.3 is 5.97 Å². The Bertz CT molecular complexity index is 549. The van der Waals surface area contributed by atoms with Gasteiger partial charge in [0.05, 0.1) is 6.61 Å². The van der Waals surface area contributed by atoms with Gasteiger partial charge in [-0.1, -0.05) is 18.2 Å². The molecule has 0 fully saturated rings. The lowest BCUT2D eigenvalue weighted by Gasteiger charge is -2.03. The SMILES string of the molecule is CCOC(=O)C[n+]1ccc2ccccc2c1C. The molecule has 0 aliphatic rings. The summed E-state index contributed by atoms with van der Waals surface area (Å²) in [6, 6.07) is 10.2. The molecule has 3 heteroatoms. The number of fused-ring (bicyclic) bond motifs is 1. The van der Waals surface area contributed by atoms with Crippen LogP contribution in [0, 0.1) is 6.92 Å². The van der Waals surface area contributed by atoms with Crippen molar-refractivity contribution in [1.29, 1.82) is 0 Å². The topological polar surface area (TPSA) is 30.2 Å². The number of rotatable bonds is 3. The summed E-state index contributed by atoms with van der Waals surface area (Å²) < 4.78 is 6.87. The maximum absolute atomic E-state index is 11.5. The second-order valence-electron chi connectivity index (χ2n) is 3.92. The summed E-state index contributed by atoms with van der Waals surface area (Å²) >= 11 is 0. The molecule has 0 aliphatic heterocycles. The van der Waals surface area contributed by atoms with Gasteiger partial charge in [-0.05, 0) is 18.4 Å². The van der Waals surface area contributed by atoms with Crippen LogP contribution in [0.5, 0.6) is 0 Å². The van der Waals surface area contributed by atoms with E-state index in [1.807, 2.05) is 42.8 Å². The zero-order chi connectivity index (χ0) is 12.3. The fourth-order valence-corrected chi connectivity index (χ4v) is 1.93. The van der Waals surface area contributed by atoms with E-state index in [9.17, 15) is 4.79 Å². The van der Waals surface area contributed by atoms with Gasteiger partial charge in [0.2, 0.25) is 6.54 Å². The molecule has 1 aromatic carbocycles. The highest BCUT2D eigenvalue weighted by atomic mass is 16.5. The normalized spacial score (nSPS) is 10.5. The Hall–Kier alpha value is -1.90. The molecule has 0 aliphatic carbocycles. The number of nitrogens with zero attached hydrogens (tertiary/aromatic N) is 1. The van der Waals surface area contributed by atoms with Gasteiger partial charge in [0.1, 0.15) is 0 Å². The average molecular weight is 230 g/mol. The van der Waals surface area contributed by atoms with E-state index in [0.29, 0.717) is 6.61 Å². The largest absolute Gasteiger partial charge is 0.461 e. The van der Waals surface area contributed by atoms with Gasteiger partial charge in [-0.3, -0.25) is 0 Å². The number of aromatic nitrogens is 1. The fourth-order valence-electron chi connectivity index (χ4n) is 1.93.